The van der Waals surface area contributed by atoms with E-state index in [1.807, 2.05) is 19.1 Å². The van der Waals surface area contributed by atoms with Crippen LogP contribution in [0.2, 0.25) is 0 Å². The molecule has 0 radical (unpaired) electrons. The Kier molecular flexibility index (Phi) is 4.02. The average Bonchev–Trinajstić information content (AvgIpc) is 3.33. The molecule has 0 aromatic heterocycles. The highest BCUT2D eigenvalue weighted by Gasteiger charge is 2.48. The van der Waals surface area contributed by atoms with Crippen LogP contribution >= 0.6 is 0 Å². The van der Waals surface area contributed by atoms with Gasteiger partial charge in [-0.15, -0.1) is 0 Å². The van der Waals surface area contributed by atoms with Gasteiger partial charge in [-0.3, -0.25) is 9.59 Å². The number of hydrogen-bond acceptors (Lipinski definition) is 4. The van der Waals surface area contributed by atoms with Gasteiger partial charge in [-0.05, 0) is 37.5 Å². The smallest absolute Gasteiger partial charge is 0.254 e. The number of nitrogens with two attached hydrogens (primary N) is 1. The Morgan fingerprint density at radius 1 is 1.13 bits per heavy atom. The Hall–Kier alpha value is -2.08. The van der Waals surface area contributed by atoms with Gasteiger partial charge in [-0.1, -0.05) is 6.07 Å². The summed E-state index contributed by atoms with van der Waals surface area (Å²) in [5, 5.41) is 0. The number of methoxy groups -OCH3 is 1. The number of carbonyl (C=O) groups is 2. The van der Waals surface area contributed by atoms with Gasteiger partial charge in [0.1, 0.15) is 5.75 Å². The molecule has 0 atom stereocenters. The van der Waals surface area contributed by atoms with E-state index in [1.165, 1.54) is 0 Å². The van der Waals surface area contributed by atoms with E-state index in [2.05, 4.69) is 0 Å². The zero-order chi connectivity index (χ0) is 16.6. The summed E-state index contributed by atoms with van der Waals surface area (Å²) in [5.41, 5.74) is 6.95. The molecule has 1 saturated heterocycles. The molecule has 1 aromatic carbocycles. The fourth-order valence-electron chi connectivity index (χ4n) is 2.91. The Bertz CT molecular complexity index is 632. The van der Waals surface area contributed by atoms with Crippen molar-refractivity contribution in [2.75, 3.05) is 33.3 Å². The highest BCUT2D eigenvalue weighted by atomic mass is 16.5. The molecule has 1 heterocycles. The lowest BCUT2D eigenvalue weighted by atomic mass is 10.1. The second-order valence-electron chi connectivity index (χ2n) is 6.42. The third-order valence-corrected chi connectivity index (χ3v) is 4.72. The minimum Gasteiger partial charge on any atom is -0.496 e. The number of aryl methyl sites for hydroxylation is 1. The average molecular weight is 317 g/mol. The number of benzene rings is 1. The topological polar surface area (TPSA) is 75.9 Å². The van der Waals surface area contributed by atoms with Gasteiger partial charge in [0.15, 0.2) is 0 Å². The molecule has 0 bridgehead atoms. The minimum atomic E-state index is -0.628. The maximum Gasteiger partial charge on any atom is 0.254 e. The molecule has 124 valence electrons. The fraction of sp³-hybridized carbons (Fsp3) is 0.529. The van der Waals surface area contributed by atoms with Crippen molar-refractivity contribution in [3.8, 4) is 5.75 Å². The summed E-state index contributed by atoms with van der Waals surface area (Å²) in [6.45, 7) is 4.12. The van der Waals surface area contributed by atoms with Crippen LogP contribution in [0.1, 0.15) is 28.8 Å². The van der Waals surface area contributed by atoms with E-state index < -0.39 is 5.54 Å². The van der Waals surface area contributed by atoms with E-state index in [9.17, 15) is 9.59 Å². The Morgan fingerprint density at radius 2 is 1.74 bits per heavy atom. The van der Waals surface area contributed by atoms with Gasteiger partial charge in [-0.2, -0.15) is 0 Å². The number of ether oxygens (including phenoxy) is 1. The summed E-state index contributed by atoms with van der Waals surface area (Å²) < 4.78 is 5.28. The number of hydrogen-bond donors (Lipinski definition) is 1. The minimum absolute atomic E-state index is 0.0238. The zero-order valence-corrected chi connectivity index (χ0v) is 13.7. The van der Waals surface area contributed by atoms with Crippen LogP contribution in [0.4, 0.5) is 0 Å². The van der Waals surface area contributed by atoms with Crippen molar-refractivity contribution in [2.45, 2.75) is 25.3 Å². The summed E-state index contributed by atoms with van der Waals surface area (Å²) in [6.07, 6.45) is 1.54. The molecule has 2 fully saturated rings. The SMILES string of the molecule is COc1cc(C(=O)N2CCN(C(=O)C3(N)CC3)CC2)ccc1C. The van der Waals surface area contributed by atoms with Crippen molar-refractivity contribution >= 4 is 11.8 Å². The molecule has 6 nitrogen and oxygen atoms in total. The van der Waals surface area contributed by atoms with E-state index in [0.717, 1.165) is 18.4 Å². The van der Waals surface area contributed by atoms with Gasteiger partial charge >= 0.3 is 0 Å². The number of carbonyl (C=O) groups excluding carboxylic acids is 2. The largest absolute Gasteiger partial charge is 0.496 e. The third kappa shape index (κ3) is 3.03. The van der Waals surface area contributed by atoms with Crippen molar-refractivity contribution < 1.29 is 14.3 Å². The molecule has 2 N–H and O–H groups in total. The van der Waals surface area contributed by atoms with Crippen LogP contribution in [-0.2, 0) is 4.79 Å². The van der Waals surface area contributed by atoms with Gasteiger partial charge in [0.2, 0.25) is 5.91 Å². The van der Waals surface area contributed by atoms with Gasteiger partial charge < -0.3 is 20.3 Å². The van der Waals surface area contributed by atoms with Crippen molar-refractivity contribution in [3.63, 3.8) is 0 Å². The lowest BCUT2D eigenvalue weighted by Crippen LogP contribution is -2.55. The highest BCUT2D eigenvalue weighted by molar-refractivity contribution is 5.95. The van der Waals surface area contributed by atoms with Crippen molar-refractivity contribution in [1.82, 2.24) is 9.80 Å². The lowest BCUT2D eigenvalue weighted by molar-refractivity contribution is -0.135. The number of amides is 2. The van der Waals surface area contributed by atoms with Crippen LogP contribution in [0.15, 0.2) is 18.2 Å². The van der Waals surface area contributed by atoms with Crippen molar-refractivity contribution in [1.29, 1.82) is 0 Å². The molecule has 2 aliphatic rings. The van der Waals surface area contributed by atoms with E-state index in [1.54, 1.807) is 23.0 Å². The van der Waals surface area contributed by atoms with Gasteiger partial charge in [0.25, 0.3) is 5.91 Å². The van der Waals surface area contributed by atoms with E-state index in [4.69, 9.17) is 10.5 Å². The van der Waals surface area contributed by atoms with E-state index in [0.29, 0.717) is 37.5 Å². The first-order chi connectivity index (χ1) is 10.9. The summed E-state index contributed by atoms with van der Waals surface area (Å²) in [5.74, 6) is 0.717. The predicted octanol–water partition coefficient (Wildman–Crippen LogP) is 0.779. The molecule has 0 unspecified atom stereocenters. The standard InChI is InChI=1S/C17H23N3O3/c1-12-3-4-13(11-14(12)23-2)15(21)19-7-9-20(10-8-19)16(22)17(18)5-6-17/h3-4,11H,5-10,18H2,1-2H3. The first-order valence-electron chi connectivity index (χ1n) is 7.97. The molecule has 2 amide bonds. The zero-order valence-electron chi connectivity index (χ0n) is 13.7. The maximum absolute atomic E-state index is 12.6. The maximum atomic E-state index is 12.6. The van der Waals surface area contributed by atoms with Crippen molar-refractivity contribution in [2.24, 2.45) is 5.73 Å². The van der Waals surface area contributed by atoms with Gasteiger partial charge in [0, 0.05) is 31.7 Å². The Morgan fingerprint density at radius 3 is 2.30 bits per heavy atom. The molecule has 0 spiro atoms. The van der Waals surface area contributed by atoms with E-state index >= 15 is 0 Å². The Balaban J connectivity index is 1.63. The van der Waals surface area contributed by atoms with Crippen LogP contribution in [0, 0.1) is 6.92 Å². The summed E-state index contributed by atoms with van der Waals surface area (Å²) in [7, 11) is 1.60. The Labute approximate surface area is 136 Å². The van der Waals surface area contributed by atoms with Crippen LogP contribution in [-0.4, -0.2) is 60.4 Å². The van der Waals surface area contributed by atoms with Crippen molar-refractivity contribution in [3.05, 3.63) is 29.3 Å². The molecule has 1 aliphatic heterocycles. The fourth-order valence-corrected chi connectivity index (χ4v) is 2.91. The summed E-state index contributed by atoms with van der Waals surface area (Å²) >= 11 is 0. The predicted molar refractivity (Wildman–Crippen MR) is 86.4 cm³/mol. The van der Waals surface area contributed by atoms with Crippen LogP contribution in [0.3, 0.4) is 0 Å². The number of piperazine rings is 1. The first-order valence-corrected chi connectivity index (χ1v) is 7.97. The summed E-state index contributed by atoms with van der Waals surface area (Å²) in [6, 6.07) is 5.47. The molecule has 3 rings (SSSR count). The van der Waals surface area contributed by atoms with Gasteiger partial charge in [0.05, 0.1) is 12.6 Å². The number of rotatable bonds is 3. The molecule has 1 saturated carbocycles. The van der Waals surface area contributed by atoms with Crippen LogP contribution in [0.25, 0.3) is 0 Å². The lowest BCUT2D eigenvalue weighted by Gasteiger charge is -2.36. The van der Waals surface area contributed by atoms with Crippen LogP contribution in [0.5, 0.6) is 5.75 Å². The monoisotopic (exact) mass is 317 g/mol. The van der Waals surface area contributed by atoms with Gasteiger partial charge in [-0.25, -0.2) is 0 Å². The molecule has 1 aromatic rings. The highest BCUT2D eigenvalue weighted by Crippen LogP contribution is 2.34. The second-order valence-corrected chi connectivity index (χ2v) is 6.42. The molecular weight excluding hydrogens is 294 g/mol. The molecule has 1 aliphatic carbocycles. The van der Waals surface area contributed by atoms with E-state index in [-0.39, 0.29) is 11.8 Å². The third-order valence-electron chi connectivity index (χ3n) is 4.72. The normalized spacial score (nSPS) is 19.4. The second kappa shape index (κ2) is 5.85. The molecule has 6 heteroatoms. The number of nitrogens with zero attached hydrogens (tertiary/aromatic N) is 2. The summed E-state index contributed by atoms with van der Waals surface area (Å²) in [4.78, 5) is 28.4. The molecule has 23 heavy (non-hydrogen) atoms. The van der Waals surface area contributed by atoms with Crippen LogP contribution < -0.4 is 10.5 Å². The first kappa shape index (κ1) is 15.8. The molecular formula is C17H23N3O3. The quantitative estimate of drug-likeness (QED) is 0.894.